The highest BCUT2D eigenvalue weighted by atomic mass is 79.9. The predicted molar refractivity (Wildman–Crippen MR) is 85.7 cm³/mol. The molecule has 0 aliphatic heterocycles. The van der Waals surface area contributed by atoms with Crippen LogP contribution in [0.5, 0.6) is 0 Å². The fourth-order valence-electron chi connectivity index (χ4n) is 1.79. The Morgan fingerprint density at radius 3 is 2.43 bits per heavy atom. The van der Waals surface area contributed by atoms with E-state index in [4.69, 9.17) is 4.42 Å². The topological polar surface area (TPSA) is 98.0 Å². The van der Waals surface area contributed by atoms with Gasteiger partial charge in [-0.1, -0.05) is 15.9 Å². The third-order valence-electron chi connectivity index (χ3n) is 2.93. The molecule has 1 N–H and O–H groups in total. The van der Waals surface area contributed by atoms with Crippen molar-refractivity contribution in [1.82, 2.24) is 19.9 Å². The molecule has 0 unspecified atom stereocenters. The number of hydrogen-bond acceptors (Lipinski definition) is 6. The molecule has 0 aliphatic rings. The average Bonchev–Trinajstić information content (AvgIpc) is 3.03. The van der Waals surface area contributed by atoms with Gasteiger partial charge in [-0.05, 0) is 36.4 Å². The van der Waals surface area contributed by atoms with E-state index in [-0.39, 0.29) is 17.3 Å². The van der Waals surface area contributed by atoms with E-state index >= 15 is 0 Å². The Labute approximate surface area is 141 Å². The van der Waals surface area contributed by atoms with Crippen LogP contribution in [0.1, 0.15) is 5.89 Å². The minimum atomic E-state index is -3.64. The highest BCUT2D eigenvalue weighted by Gasteiger charge is 2.16. The number of benzene rings is 1. The van der Waals surface area contributed by atoms with Crippen LogP contribution in [-0.2, 0) is 16.6 Å². The lowest BCUT2D eigenvalue weighted by molar-refractivity contribution is 0.494. The predicted octanol–water partition coefficient (Wildman–Crippen LogP) is 2.37. The summed E-state index contributed by atoms with van der Waals surface area (Å²) in [5.41, 5.74) is 0.717. The Morgan fingerprint density at radius 2 is 1.74 bits per heavy atom. The lowest BCUT2D eigenvalue weighted by atomic mass is 10.3. The fraction of sp³-hybridized carbons (Fsp3) is 0.0714. The number of aromatic nitrogens is 3. The lowest BCUT2D eigenvalue weighted by Crippen LogP contribution is -2.23. The van der Waals surface area contributed by atoms with Crippen LogP contribution >= 0.6 is 15.9 Å². The van der Waals surface area contributed by atoms with Gasteiger partial charge in [0.05, 0.1) is 11.4 Å². The van der Waals surface area contributed by atoms with Gasteiger partial charge in [0.25, 0.3) is 0 Å². The highest BCUT2D eigenvalue weighted by Crippen LogP contribution is 2.17. The smallest absolute Gasteiger partial charge is 0.247 e. The van der Waals surface area contributed by atoms with Crippen molar-refractivity contribution in [2.45, 2.75) is 11.4 Å². The van der Waals surface area contributed by atoms with Crippen LogP contribution < -0.4 is 4.72 Å². The molecule has 9 heteroatoms. The first-order chi connectivity index (χ1) is 11.0. The summed E-state index contributed by atoms with van der Waals surface area (Å²) >= 11 is 3.26. The molecule has 3 aromatic rings. The normalized spacial score (nSPS) is 11.5. The van der Waals surface area contributed by atoms with Crippen molar-refractivity contribution >= 4 is 26.0 Å². The lowest BCUT2D eigenvalue weighted by Gasteiger charge is -2.04. The van der Waals surface area contributed by atoms with E-state index in [1.165, 1.54) is 12.1 Å². The summed E-state index contributed by atoms with van der Waals surface area (Å²) in [7, 11) is -3.64. The molecular formula is C14H11BrN4O3S. The zero-order chi connectivity index (χ0) is 16.3. The SMILES string of the molecule is O=S(=O)(NCc1nnc(-c2ccncc2)o1)c1ccc(Br)cc1. The Hall–Kier alpha value is -2.10. The fourth-order valence-corrected chi connectivity index (χ4v) is 3.03. The molecule has 0 saturated heterocycles. The summed E-state index contributed by atoms with van der Waals surface area (Å²) in [5.74, 6) is 0.489. The zero-order valence-corrected chi connectivity index (χ0v) is 14.1. The van der Waals surface area contributed by atoms with E-state index < -0.39 is 10.0 Å². The van der Waals surface area contributed by atoms with Crippen molar-refractivity contribution in [3.63, 3.8) is 0 Å². The number of nitrogens with zero attached hydrogens (tertiary/aromatic N) is 3. The van der Waals surface area contributed by atoms with E-state index in [9.17, 15) is 8.42 Å². The number of pyridine rings is 1. The monoisotopic (exact) mass is 394 g/mol. The molecule has 0 amide bonds. The molecule has 118 valence electrons. The second-order valence-corrected chi connectivity index (χ2v) is 7.20. The first kappa shape index (κ1) is 15.8. The molecule has 3 rings (SSSR count). The Balaban J connectivity index is 1.71. The Morgan fingerprint density at radius 1 is 1.04 bits per heavy atom. The highest BCUT2D eigenvalue weighted by molar-refractivity contribution is 9.10. The summed E-state index contributed by atoms with van der Waals surface area (Å²) in [6.45, 7) is -0.0868. The molecule has 7 nitrogen and oxygen atoms in total. The average molecular weight is 395 g/mol. The maximum Gasteiger partial charge on any atom is 0.247 e. The van der Waals surface area contributed by atoms with E-state index in [0.717, 1.165) is 10.0 Å². The van der Waals surface area contributed by atoms with Gasteiger partial charge in [0.15, 0.2) is 0 Å². The zero-order valence-electron chi connectivity index (χ0n) is 11.7. The summed E-state index contributed by atoms with van der Waals surface area (Å²) < 4.78 is 33.0. The maximum atomic E-state index is 12.2. The summed E-state index contributed by atoms with van der Waals surface area (Å²) in [5, 5.41) is 7.72. The van der Waals surface area contributed by atoms with Crippen LogP contribution in [-0.4, -0.2) is 23.6 Å². The van der Waals surface area contributed by atoms with Gasteiger partial charge in [0, 0.05) is 22.4 Å². The molecule has 0 radical (unpaired) electrons. The molecule has 1 aromatic carbocycles. The molecule has 23 heavy (non-hydrogen) atoms. The molecular weight excluding hydrogens is 384 g/mol. The molecule has 2 heterocycles. The van der Waals surface area contributed by atoms with Gasteiger partial charge in [0.2, 0.25) is 21.8 Å². The third-order valence-corrected chi connectivity index (χ3v) is 4.88. The summed E-state index contributed by atoms with van der Waals surface area (Å²) in [6.07, 6.45) is 3.21. The number of sulfonamides is 1. The standard InChI is InChI=1S/C14H11BrN4O3S/c15-11-1-3-12(4-2-11)23(20,21)17-9-13-18-19-14(22-13)10-5-7-16-8-6-10/h1-8,17H,9H2. The van der Waals surface area contributed by atoms with Crippen LogP contribution in [0.15, 0.2) is 62.6 Å². The van der Waals surface area contributed by atoms with Gasteiger partial charge < -0.3 is 4.42 Å². The molecule has 0 saturated carbocycles. The first-order valence-electron chi connectivity index (χ1n) is 6.52. The Kier molecular flexibility index (Phi) is 4.51. The van der Waals surface area contributed by atoms with Crippen LogP contribution in [0, 0.1) is 0 Å². The van der Waals surface area contributed by atoms with Gasteiger partial charge >= 0.3 is 0 Å². The Bertz CT molecular complexity index is 895. The minimum Gasteiger partial charge on any atom is -0.419 e. The summed E-state index contributed by atoms with van der Waals surface area (Å²) in [4.78, 5) is 4.06. The van der Waals surface area contributed by atoms with Crippen molar-refractivity contribution in [2.75, 3.05) is 0 Å². The molecule has 0 atom stereocenters. The number of rotatable bonds is 5. The largest absolute Gasteiger partial charge is 0.419 e. The number of hydrogen-bond donors (Lipinski definition) is 1. The van der Waals surface area contributed by atoms with Gasteiger partial charge in [-0.15, -0.1) is 10.2 Å². The minimum absolute atomic E-state index is 0.0868. The molecule has 2 aromatic heterocycles. The van der Waals surface area contributed by atoms with Crippen LogP contribution in [0.2, 0.25) is 0 Å². The van der Waals surface area contributed by atoms with Gasteiger partial charge in [-0.3, -0.25) is 4.98 Å². The van der Waals surface area contributed by atoms with Crippen molar-refractivity contribution in [3.05, 3.63) is 59.2 Å². The van der Waals surface area contributed by atoms with Gasteiger partial charge in [-0.2, -0.15) is 0 Å². The van der Waals surface area contributed by atoms with Crippen molar-refractivity contribution < 1.29 is 12.8 Å². The van der Waals surface area contributed by atoms with E-state index in [1.54, 1.807) is 36.7 Å². The molecule has 0 spiro atoms. The molecule has 0 aliphatic carbocycles. The molecule has 0 bridgehead atoms. The van der Waals surface area contributed by atoms with E-state index in [0.29, 0.717) is 5.89 Å². The van der Waals surface area contributed by atoms with Gasteiger partial charge in [-0.25, -0.2) is 13.1 Å². The van der Waals surface area contributed by atoms with Crippen LogP contribution in [0.4, 0.5) is 0 Å². The van der Waals surface area contributed by atoms with Crippen LogP contribution in [0.25, 0.3) is 11.5 Å². The second-order valence-electron chi connectivity index (χ2n) is 4.52. The van der Waals surface area contributed by atoms with Crippen molar-refractivity contribution in [1.29, 1.82) is 0 Å². The third kappa shape index (κ3) is 3.81. The summed E-state index contributed by atoms with van der Waals surface area (Å²) in [6, 6.07) is 9.77. The first-order valence-corrected chi connectivity index (χ1v) is 8.80. The van der Waals surface area contributed by atoms with Crippen molar-refractivity contribution in [3.8, 4) is 11.5 Å². The molecule has 0 fully saturated rings. The van der Waals surface area contributed by atoms with Crippen LogP contribution in [0.3, 0.4) is 0 Å². The number of nitrogens with one attached hydrogen (secondary N) is 1. The van der Waals surface area contributed by atoms with Crippen molar-refractivity contribution in [2.24, 2.45) is 0 Å². The number of halogens is 1. The van der Waals surface area contributed by atoms with E-state index in [2.05, 4.69) is 35.8 Å². The second kappa shape index (κ2) is 6.57. The van der Waals surface area contributed by atoms with Gasteiger partial charge in [0.1, 0.15) is 0 Å². The quantitative estimate of drug-likeness (QED) is 0.712. The maximum absolute atomic E-state index is 12.2. The van der Waals surface area contributed by atoms with E-state index in [1.807, 2.05) is 0 Å².